The van der Waals surface area contributed by atoms with Crippen molar-refractivity contribution in [1.29, 1.82) is 0 Å². The number of carboxylic acids is 1. The lowest BCUT2D eigenvalue weighted by Gasteiger charge is -2.22. The predicted octanol–water partition coefficient (Wildman–Crippen LogP) is 1.22. The number of amides is 2. The smallest absolute Gasteiger partial charge is 0.317 e. The summed E-state index contributed by atoms with van der Waals surface area (Å²) in [5.74, 6) is -0.431. The Labute approximate surface area is 121 Å². The van der Waals surface area contributed by atoms with Gasteiger partial charge in [-0.2, -0.15) is 0 Å². The Morgan fingerprint density at radius 2 is 2.15 bits per heavy atom. The number of nitrogens with one attached hydrogen (secondary N) is 1. The zero-order valence-corrected chi connectivity index (χ0v) is 12.8. The number of carbonyl (C=O) groups is 2. The number of likely N-dealkylation sites (N-methyl/N-ethyl adjacent to an activating group) is 1. The summed E-state index contributed by atoms with van der Waals surface area (Å²) in [7, 11) is 2.04. The molecule has 0 aromatic rings. The molecular weight excluding hydrogens is 258 g/mol. The van der Waals surface area contributed by atoms with Crippen molar-refractivity contribution in [2.45, 2.75) is 39.2 Å². The Morgan fingerprint density at radius 3 is 2.75 bits per heavy atom. The molecule has 0 bridgehead atoms. The molecule has 20 heavy (non-hydrogen) atoms. The molecule has 0 radical (unpaired) electrons. The van der Waals surface area contributed by atoms with Gasteiger partial charge in [-0.05, 0) is 39.7 Å². The minimum Gasteiger partial charge on any atom is -0.481 e. The largest absolute Gasteiger partial charge is 0.481 e. The Bertz CT molecular complexity index is 334. The summed E-state index contributed by atoms with van der Waals surface area (Å²) >= 11 is 0. The molecule has 1 aliphatic heterocycles. The van der Waals surface area contributed by atoms with E-state index in [1.165, 1.54) is 0 Å². The molecule has 1 fully saturated rings. The van der Waals surface area contributed by atoms with Crippen molar-refractivity contribution >= 4 is 12.0 Å². The van der Waals surface area contributed by atoms with Crippen molar-refractivity contribution in [3.8, 4) is 0 Å². The van der Waals surface area contributed by atoms with Gasteiger partial charge in [0.2, 0.25) is 0 Å². The monoisotopic (exact) mass is 285 g/mol. The Balaban J connectivity index is 2.20. The topological polar surface area (TPSA) is 72.9 Å². The molecule has 1 atom stereocenters. The third-order valence-electron chi connectivity index (χ3n) is 3.96. The lowest BCUT2D eigenvalue weighted by molar-refractivity contribution is -0.137. The number of rotatable bonds is 7. The molecular formula is C14H27N3O3. The highest BCUT2D eigenvalue weighted by atomic mass is 16.4. The van der Waals surface area contributed by atoms with Crippen LogP contribution in [-0.4, -0.2) is 66.2 Å². The molecule has 1 unspecified atom stereocenters. The maximum atomic E-state index is 12.0. The SMILES string of the molecule is CC(C)N(C)CCNC(=O)N1CCC(CCC(=O)O)C1. The quantitative estimate of drug-likeness (QED) is 0.738. The average molecular weight is 285 g/mol. The molecule has 1 rings (SSSR count). The van der Waals surface area contributed by atoms with Gasteiger partial charge < -0.3 is 20.2 Å². The van der Waals surface area contributed by atoms with Crippen LogP contribution in [0.5, 0.6) is 0 Å². The fourth-order valence-corrected chi connectivity index (χ4v) is 2.29. The maximum Gasteiger partial charge on any atom is 0.317 e. The summed E-state index contributed by atoms with van der Waals surface area (Å²) < 4.78 is 0. The van der Waals surface area contributed by atoms with Gasteiger partial charge in [0.25, 0.3) is 0 Å². The number of aliphatic carboxylic acids is 1. The van der Waals surface area contributed by atoms with Crippen LogP contribution in [0.3, 0.4) is 0 Å². The van der Waals surface area contributed by atoms with E-state index < -0.39 is 5.97 Å². The minimum atomic E-state index is -0.760. The van der Waals surface area contributed by atoms with Crippen molar-refractivity contribution in [3.63, 3.8) is 0 Å². The van der Waals surface area contributed by atoms with Crippen LogP contribution in [0, 0.1) is 5.92 Å². The molecule has 0 spiro atoms. The summed E-state index contributed by atoms with van der Waals surface area (Å²) in [4.78, 5) is 26.5. The summed E-state index contributed by atoms with van der Waals surface area (Å²) in [6, 6.07) is 0.444. The summed E-state index contributed by atoms with van der Waals surface area (Å²) in [6.45, 7) is 7.13. The molecule has 1 heterocycles. The minimum absolute atomic E-state index is 0.0278. The van der Waals surface area contributed by atoms with Crippen LogP contribution >= 0.6 is 0 Å². The fraction of sp³-hybridized carbons (Fsp3) is 0.857. The second-order valence-corrected chi connectivity index (χ2v) is 5.84. The maximum absolute atomic E-state index is 12.0. The van der Waals surface area contributed by atoms with Gasteiger partial charge in [0.1, 0.15) is 0 Å². The molecule has 6 nitrogen and oxygen atoms in total. The van der Waals surface area contributed by atoms with E-state index in [0.29, 0.717) is 31.5 Å². The third-order valence-corrected chi connectivity index (χ3v) is 3.96. The van der Waals surface area contributed by atoms with Crippen LogP contribution in [-0.2, 0) is 4.79 Å². The van der Waals surface area contributed by atoms with E-state index in [-0.39, 0.29) is 12.5 Å². The van der Waals surface area contributed by atoms with E-state index >= 15 is 0 Å². The second kappa shape index (κ2) is 8.09. The number of nitrogens with zero attached hydrogens (tertiary/aromatic N) is 2. The number of hydrogen-bond acceptors (Lipinski definition) is 3. The van der Waals surface area contributed by atoms with Gasteiger partial charge in [0, 0.05) is 38.6 Å². The van der Waals surface area contributed by atoms with Gasteiger partial charge in [-0.3, -0.25) is 4.79 Å². The highest BCUT2D eigenvalue weighted by Crippen LogP contribution is 2.20. The van der Waals surface area contributed by atoms with Gasteiger partial charge >= 0.3 is 12.0 Å². The number of carbonyl (C=O) groups excluding carboxylic acids is 1. The van der Waals surface area contributed by atoms with Crippen LogP contribution in [0.1, 0.15) is 33.1 Å². The van der Waals surface area contributed by atoms with E-state index in [2.05, 4.69) is 24.1 Å². The van der Waals surface area contributed by atoms with E-state index in [1.807, 2.05) is 7.05 Å². The molecule has 116 valence electrons. The zero-order chi connectivity index (χ0) is 15.1. The molecule has 1 aliphatic rings. The molecule has 0 aliphatic carbocycles. The van der Waals surface area contributed by atoms with Gasteiger partial charge in [-0.15, -0.1) is 0 Å². The third kappa shape index (κ3) is 5.77. The van der Waals surface area contributed by atoms with Crippen molar-refractivity contribution in [2.75, 3.05) is 33.2 Å². The van der Waals surface area contributed by atoms with Crippen molar-refractivity contribution in [3.05, 3.63) is 0 Å². The fourth-order valence-electron chi connectivity index (χ4n) is 2.29. The second-order valence-electron chi connectivity index (χ2n) is 5.84. The van der Waals surface area contributed by atoms with Crippen LogP contribution in [0.15, 0.2) is 0 Å². The van der Waals surface area contributed by atoms with Crippen LogP contribution in [0.25, 0.3) is 0 Å². The lowest BCUT2D eigenvalue weighted by atomic mass is 10.0. The number of carboxylic acid groups (broad SMARTS) is 1. The molecule has 0 aromatic heterocycles. The average Bonchev–Trinajstić information content (AvgIpc) is 2.84. The first-order valence-electron chi connectivity index (χ1n) is 7.35. The van der Waals surface area contributed by atoms with Crippen molar-refractivity contribution in [2.24, 2.45) is 5.92 Å². The first-order chi connectivity index (χ1) is 9.40. The van der Waals surface area contributed by atoms with Crippen molar-refractivity contribution in [1.82, 2.24) is 15.1 Å². The lowest BCUT2D eigenvalue weighted by Crippen LogP contribution is -2.42. The molecule has 0 aromatic carbocycles. The molecule has 1 saturated heterocycles. The summed E-state index contributed by atoms with van der Waals surface area (Å²) in [5.41, 5.74) is 0. The zero-order valence-electron chi connectivity index (χ0n) is 12.8. The van der Waals surface area contributed by atoms with Gasteiger partial charge in [0.05, 0.1) is 0 Å². The van der Waals surface area contributed by atoms with E-state index in [9.17, 15) is 9.59 Å². The Hall–Kier alpha value is -1.30. The van der Waals surface area contributed by atoms with Gasteiger partial charge in [0.15, 0.2) is 0 Å². The highest BCUT2D eigenvalue weighted by Gasteiger charge is 2.26. The number of hydrogen-bond donors (Lipinski definition) is 2. The van der Waals surface area contributed by atoms with E-state index in [1.54, 1.807) is 4.90 Å². The first kappa shape index (κ1) is 16.8. The standard InChI is InChI=1S/C14H27N3O3/c1-11(2)16(3)9-7-15-14(20)17-8-6-12(10-17)4-5-13(18)19/h11-12H,4-10H2,1-3H3,(H,15,20)(H,18,19). The number of likely N-dealkylation sites (tertiary alicyclic amines) is 1. The number of urea groups is 1. The van der Waals surface area contributed by atoms with Gasteiger partial charge in [-0.1, -0.05) is 0 Å². The molecule has 6 heteroatoms. The normalized spacial score (nSPS) is 18.9. The van der Waals surface area contributed by atoms with Crippen LogP contribution in [0.2, 0.25) is 0 Å². The van der Waals surface area contributed by atoms with E-state index in [0.717, 1.165) is 19.5 Å². The molecule has 0 saturated carbocycles. The van der Waals surface area contributed by atoms with Crippen molar-refractivity contribution < 1.29 is 14.7 Å². The summed E-state index contributed by atoms with van der Waals surface area (Å²) in [5, 5.41) is 11.6. The summed E-state index contributed by atoms with van der Waals surface area (Å²) in [6.07, 6.45) is 1.76. The molecule has 2 amide bonds. The predicted molar refractivity (Wildman–Crippen MR) is 77.7 cm³/mol. The Morgan fingerprint density at radius 1 is 1.45 bits per heavy atom. The van der Waals surface area contributed by atoms with Crippen LogP contribution < -0.4 is 5.32 Å². The highest BCUT2D eigenvalue weighted by molar-refractivity contribution is 5.74. The Kier molecular flexibility index (Phi) is 6.78. The van der Waals surface area contributed by atoms with E-state index in [4.69, 9.17) is 5.11 Å². The molecule has 2 N–H and O–H groups in total. The first-order valence-corrected chi connectivity index (χ1v) is 7.35. The van der Waals surface area contributed by atoms with Gasteiger partial charge in [-0.25, -0.2) is 4.79 Å². The van der Waals surface area contributed by atoms with Crippen LogP contribution in [0.4, 0.5) is 4.79 Å².